The number of nitrogens with one attached hydrogen (secondary N) is 3. The maximum atomic E-state index is 12.3. The molecule has 9 nitrogen and oxygen atoms in total. The van der Waals surface area contributed by atoms with Crippen LogP contribution in [0.3, 0.4) is 0 Å². The Morgan fingerprint density at radius 2 is 1.86 bits per heavy atom. The molecule has 0 aliphatic heterocycles. The molecular formula is C18H17N5O4S. The summed E-state index contributed by atoms with van der Waals surface area (Å²) in [5.41, 5.74) is 6.48. The second kappa shape index (κ2) is 8.03. The summed E-state index contributed by atoms with van der Waals surface area (Å²) in [7, 11) is 0. The van der Waals surface area contributed by atoms with Crippen LogP contribution >= 0.6 is 0 Å². The van der Waals surface area contributed by atoms with Crippen molar-refractivity contribution in [2.75, 3.05) is 10.6 Å². The van der Waals surface area contributed by atoms with E-state index in [-0.39, 0.29) is 22.2 Å². The fourth-order valence-corrected chi connectivity index (χ4v) is 2.87. The van der Waals surface area contributed by atoms with Gasteiger partial charge in [0, 0.05) is 11.4 Å². The van der Waals surface area contributed by atoms with Gasteiger partial charge in [0.2, 0.25) is 5.95 Å². The molecule has 0 radical (unpaired) electrons. The second-order valence-corrected chi connectivity index (χ2v) is 6.87. The first kappa shape index (κ1) is 19.3. The molecule has 0 saturated heterocycles. The maximum Gasteiger partial charge on any atom is 0.267 e. The quantitative estimate of drug-likeness (QED) is 0.399. The van der Waals surface area contributed by atoms with Crippen molar-refractivity contribution in [1.29, 1.82) is 0 Å². The standard InChI is InChI=1S/C18H17N5O4S/c1-10-3-2-4-12(9-10)20-16-14(15(19)24)17(25)23-18(22-16)21-11-5-7-13(8-6-11)28(26)27/h2-9H,1H3,(H2,19,24)(H,26,27)(H3,20,21,22,23,25). The average Bonchev–Trinajstić information content (AvgIpc) is 2.61. The summed E-state index contributed by atoms with van der Waals surface area (Å²) in [5, 5.41) is 5.82. The maximum absolute atomic E-state index is 12.3. The van der Waals surface area contributed by atoms with E-state index >= 15 is 0 Å². The van der Waals surface area contributed by atoms with Gasteiger partial charge in [-0.25, -0.2) is 4.21 Å². The van der Waals surface area contributed by atoms with Crippen LogP contribution < -0.4 is 21.9 Å². The van der Waals surface area contributed by atoms with E-state index in [1.807, 2.05) is 25.1 Å². The highest BCUT2D eigenvalue weighted by molar-refractivity contribution is 7.79. The van der Waals surface area contributed by atoms with Crippen LogP contribution in [0, 0.1) is 6.92 Å². The summed E-state index contributed by atoms with van der Waals surface area (Å²) < 4.78 is 20.1. The summed E-state index contributed by atoms with van der Waals surface area (Å²) in [4.78, 5) is 31.0. The van der Waals surface area contributed by atoms with E-state index in [1.165, 1.54) is 12.1 Å². The zero-order valence-corrected chi connectivity index (χ0v) is 15.5. The van der Waals surface area contributed by atoms with E-state index < -0.39 is 22.5 Å². The van der Waals surface area contributed by atoms with Gasteiger partial charge < -0.3 is 20.9 Å². The molecule has 0 fully saturated rings. The molecule has 1 unspecified atom stereocenters. The molecule has 2 aromatic carbocycles. The predicted octanol–water partition coefficient (Wildman–Crippen LogP) is 2.25. The third kappa shape index (κ3) is 4.42. The number of nitrogens with two attached hydrogens (primary N) is 1. The number of hydrogen-bond acceptors (Lipinski definition) is 6. The normalized spacial score (nSPS) is 11.6. The molecule has 0 bridgehead atoms. The van der Waals surface area contributed by atoms with Gasteiger partial charge in [-0.05, 0) is 48.9 Å². The SMILES string of the molecule is Cc1cccc(Nc2nc(Nc3ccc(S(=O)O)cc3)[nH]c(=O)c2C(N)=O)c1. The first-order chi connectivity index (χ1) is 13.3. The minimum atomic E-state index is -2.09. The van der Waals surface area contributed by atoms with Crippen molar-refractivity contribution in [3.05, 3.63) is 70.0 Å². The number of benzene rings is 2. The molecule has 1 aromatic heterocycles. The Bertz CT molecular complexity index is 1110. The summed E-state index contributed by atoms with van der Waals surface area (Å²) in [6.45, 7) is 1.90. The van der Waals surface area contributed by atoms with Crippen molar-refractivity contribution in [2.45, 2.75) is 11.8 Å². The Morgan fingerprint density at radius 3 is 2.46 bits per heavy atom. The lowest BCUT2D eigenvalue weighted by Gasteiger charge is -2.12. The van der Waals surface area contributed by atoms with Gasteiger partial charge in [0.15, 0.2) is 16.9 Å². The van der Waals surface area contributed by atoms with Gasteiger partial charge in [0.25, 0.3) is 11.5 Å². The molecule has 3 rings (SSSR count). The van der Waals surface area contributed by atoms with E-state index in [0.717, 1.165) is 5.56 Å². The molecule has 144 valence electrons. The van der Waals surface area contributed by atoms with Crippen LogP contribution in [0.2, 0.25) is 0 Å². The number of hydrogen-bond donors (Lipinski definition) is 5. The highest BCUT2D eigenvalue weighted by Gasteiger charge is 2.17. The van der Waals surface area contributed by atoms with E-state index in [9.17, 15) is 13.8 Å². The first-order valence-corrected chi connectivity index (χ1v) is 9.20. The van der Waals surface area contributed by atoms with Crippen LogP contribution in [-0.4, -0.2) is 24.6 Å². The van der Waals surface area contributed by atoms with Gasteiger partial charge >= 0.3 is 0 Å². The van der Waals surface area contributed by atoms with Crippen molar-refractivity contribution in [3.8, 4) is 0 Å². The molecule has 1 heterocycles. The third-order valence-corrected chi connectivity index (χ3v) is 4.44. The lowest BCUT2D eigenvalue weighted by atomic mass is 10.2. The molecule has 0 spiro atoms. The first-order valence-electron chi connectivity index (χ1n) is 8.09. The summed E-state index contributed by atoms with van der Waals surface area (Å²) in [6.07, 6.45) is 0. The van der Waals surface area contributed by atoms with Crippen molar-refractivity contribution >= 4 is 40.1 Å². The number of amides is 1. The number of carbonyl (C=O) groups is 1. The summed E-state index contributed by atoms with van der Waals surface area (Å²) in [6, 6.07) is 13.3. The zero-order valence-electron chi connectivity index (χ0n) is 14.7. The predicted molar refractivity (Wildman–Crippen MR) is 107 cm³/mol. The van der Waals surface area contributed by atoms with E-state index in [4.69, 9.17) is 10.3 Å². The van der Waals surface area contributed by atoms with E-state index in [1.54, 1.807) is 18.2 Å². The Labute approximate surface area is 162 Å². The number of nitrogens with zero attached hydrogens (tertiary/aromatic N) is 1. The average molecular weight is 399 g/mol. The van der Waals surface area contributed by atoms with Gasteiger partial charge in [-0.1, -0.05) is 12.1 Å². The zero-order chi connectivity index (χ0) is 20.3. The van der Waals surface area contributed by atoms with Crippen LogP contribution in [0.5, 0.6) is 0 Å². The second-order valence-electron chi connectivity index (χ2n) is 5.90. The molecule has 1 amide bonds. The van der Waals surface area contributed by atoms with Crippen molar-refractivity contribution < 1.29 is 13.6 Å². The van der Waals surface area contributed by atoms with Gasteiger partial charge in [0.05, 0.1) is 4.90 Å². The topological polar surface area (TPSA) is 150 Å². The Balaban J connectivity index is 1.96. The molecule has 28 heavy (non-hydrogen) atoms. The largest absolute Gasteiger partial charge is 0.365 e. The van der Waals surface area contributed by atoms with E-state index in [2.05, 4.69) is 20.6 Å². The molecular weight excluding hydrogens is 382 g/mol. The van der Waals surface area contributed by atoms with Gasteiger partial charge in [-0.15, -0.1) is 0 Å². The van der Waals surface area contributed by atoms with Crippen LogP contribution in [-0.2, 0) is 11.1 Å². The molecule has 0 aliphatic rings. The van der Waals surface area contributed by atoms with Crippen LogP contribution in [0.4, 0.5) is 23.1 Å². The fourth-order valence-electron chi connectivity index (χ4n) is 2.50. The minimum Gasteiger partial charge on any atom is -0.365 e. The van der Waals surface area contributed by atoms with Crippen LogP contribution in [0.25, 0.3) is 0 Å². The number of aryl methyl sites for hydroxylation is 1. The number of aromatic nitrogens is 2. The minimum absolute atomic E-state index is 0.0115. The highest BCUT2D eigenvalue weighted by atomic mass is 32.2. The van der Waals surface area contributed by atoms with Gasteiger partial charge in [0.1, 0.15) is 5.56 Å². The number of aromatic amines is 1. The fraction of sp³-hybridized carbons (Fsp3) is 0.0556. The van der Waals surface area contributed by atoms with Gasteiger partial charge in [-0.3, -0.25) is 14.6 Å². The lowest BCUT2D eigenvalue weighted by molar-refractivity contribution is 0.0999. The Morgan fingerprint density at radius 1 is 1.14 bits per heavy atom. The van der Waals surface area contributed by atoms with Crippen molar-refractivity contribution in [1.82, 2.24) is 9.97 Å². The van der Waals surface area contributed by atoms with Crippen LogP contribution in [0.15, 0.2) is 58.2 Å². The number of carbonyl (C=O) groups excluding carboxylic acids is 1. The Kier molecular flexibility index (Phi) is 5.52. The molecule has 10 heteroatoms. The number of rotatable bonds is 6. The van der Waals surface area contributed by atoms with Crippen molar-refractivity contribution in [3.63, 3.8) is 0 Å². The summed E-state index contributed by atoms with van der Waals surface area (Å²) in [5.74, 6) is -0.828. The number of primary amides is 1. The van der Waals surface area contributed by atoms with Crippen LogP contribution in [0.1, 0.15) is 15.9 Å². The number of H-pyrrole nitrogens is 1. The van der Waals surface area contributed by atoms with Crippen molar-refractivity contribution in [2.24, 2.45) is 5.73 Å². The van der Waals surface area contributed by atoms with E-state index in [0.29, 0.717) is 11.4 Å². The highest BCUT2D eigenvalue weighted by Crippen LogP contribution is 2.20. The molecule has 0 aliphatic carbocycles. The third-order valence-electron chi connectivity index (χ3n) is 3.77. The smallest absolute Gasteiger partial charge is 0.267 e. The number of anilines is 4. The molecule has 1 atom stereocenters. The monoisotopic (exact) mass is 399 g/mol. The molecule has 0 saturated carbocycles. The lowest BCUT2D eigenvalue weighted by Crippen LogP contribution is -2.27. The molecule has 6 N–H and O–H groups in total. The molecule has 3 aromatic rings. The Hall–Kier alpha value is -3.50. The summed E-state index contributed by atoms with van der Waals surface area (Å²) >= 11 is -2.09. The van der Waals surface area contributed by atoms with Gasteiger partial charge in [-0.2, -0.15) is 4.98 Å².